The Morgan fingerprint density at radius 2 is 1.70 bits per heavy atom. The molecular formula is C32H37N5O3. The number of imidazole rings is 1. The summed E-state index contributed by atoms with van der Waals surface area (Å²) in [7, 11) is 3.88. The highest BCUT2D eigenvalue weighted by Crippen LogP contribution is 2.26. The molecule has 4 aromatic rings. The Morgan fingerprint density at radius 1 is 0.950 bits per heavy atom. The van der Waals surface area contributed by atoms with Crippen LogP contribution in [0.2, 0.25) is 0 Å². The Bertz CT molecular complexity index is 1460. The quantitative estimate of drug-likeness (QED) is 0.321. The van der Waals surface area contributed by atoms with Crippen molar-refractivity contribution in [3.05, 3.63) is 84.7 Å². The standard InChI is InChI=1S/C32H37N5O3/c1-4-40-30(32(39)36-18-16-34(2)17-19-36)20-24-12-14-25(15-13-24)26-8-7-9-27(21-26)35(3)31(38)22-37-23-33-28-10-5-6-11-29(28)37/h5-15,21,23,30H,4,16-20,22H2,1-3H3. The lowest BCUT2D eigenvalue weighted by atomic mass is 10.0. The molecule has 1 atom stereocenters. The van der Waals surface area contributed by atoms with Crippen molar-refractivity contribution in [2.45, 2.75) is 26.0 Å². The molecule has 40 heavy (non-hydrogen) atoms. The predicted octanol–water partition coefficient (Wildman–Crippen LogP) is 4.09. The minimum absolute atomic E-state index is 0.0253. The number of benzene rings is 3. The molecule has 1 aromatic heterocycles. The molecule has 8 heteroatoms. The fraction of sp³-hybridized carbons (Fsp3) is 0.344. The topological polar surface area (TPSA) is 70.9 Å². The number of ether oxygens (including phenoxy) is 1. The third kappa shape index (κ3) is 6.24. The summed E-state index contributed by atoms with van der Waals surface area (Å²) in [4.78, 5) is 36.5. The smallest absolute Gasteiger partial charge is 0.252 e. The fourth-order valence-corrected chi connectivity index (χ4v) is 5.12. The van der Waals surface area contributed by atoms with Crippen LogP contribution in [-0.2, 0) is 27.3 Å². The van der Waals surface area contributed by atoms with Crippen LogP contribution >= 0.6 is 0 Å². The number of rotatable bonds is 9. The van der Waals surface area contributed by atoms with Crippen molar-refractivity contribution in [2.24, 2.45) is 0 Å². The highest BCUT2D eigenvalue weighted by Gasteiger charge is 2.27. The normalized spacial score (nSPS) is 14.8. The summed E-state index contributed by atoms with van der Waals surface area (Å²) in [5, 5.41) is 0. The van der Waals surface area contributed by atoms with Crippen LogP contribution in [0.3, 0.4) is 0 Å². The number of likely N-dealkylation sites (N-methyl/N-ethyl adjacent to an activating group) is 2. The molecule has 208 valence electrons. The summed E-state index contributed by atoms with van der Waals surface area (Å²) in [6, 6.07) is 24.0. The molecule has 0 spiro atoms. The van der Waals surface area contributed by atoms with E-state index < -0.39 is 6.10 Å². The van der Waals surface area contributed by atoms with E-state index in [0.717, 1.165) is 59.6 Å². The molecule has 0 bridgehead atoms. The van der Waals surface area contributed by atoms with E-state index in [1.165, 1.54) is 0 Å². The van der Waals surface area contributed by atoms with Gasteiger partial charge in [-0.2, -0.15) is 0 Å². The van der Waals surface area contributed by atoms with Gasteiger partial charge in [-0.25, -0.2) is 4.98 Å². The van der Waals surface area contributed by atoms with Crippen LogP contribution in [0, 0.1) is 0 Å². The molecule has 1 fully saturated rings. The number of hydrogen-bond acceptors (Lipinski definition) is 5. The van der Waals surface area contributed by atoms with Crippen LogP contribution in [0.15, 0.2) is 79.1 Å². The number of piperazine rings is 1. The van der Waals surface area contributed by atoms with E-state index in [0.29, 0.717) is 13.0 Å². The number of amides is 2. The number of carbonyl (C=O) groups excluding carboxylic acids is 2. The zero-order valence-electron chi connectivity index (χ0n) is 23.5. The van der Waals surface area contributed by atoms with E-state index in [4.69, 9.17) is 4.74 Å². The van der Waals surface area contributed by atoms with Crippen molar-refractivity contribution in [1.82, 2.24) is 19.4 Å². The molecule has 1 aliphatic heterocycles. The van der Waals surface area contributed by atoms with E-state index in [9.17, 15) is 9.59 Å². The first kappa shape index (κ1) is 27.6. The fourth-order valence-electron chi connectivity index (χ4n) is 5.12. The molecule has 1 unspecified atom stereocenters. The first-order chi connectivity index (χ1) is 19.4. The Hall–Kier alpha value is -4.01. The van der Waals surface area contributed by atoms with Gasteiger partial charge in [0.15, 0.2) is 0 Å². The monoisotopic (exact) mass is 539 g/mol. The number of carbonyl (C=O) groups is 2. The minimum atomic E-state index is -0.477. The van der Waals surface area contributed by atoms with Crippen molar-refractivity contribution >= 4 is 28.5 Å². The average Bonchev–Trinajstić information content (AvgIpc) is 3.39. The molecule has 1 saturated heterocycles. The van der Waals surface area contributed by atoms with Crippen molar-refractivity contribution in [1.29, 1.82) is 0 Å². The van der Waals surface area contributed by atoms with Gasteiger partial charge in [-0.05, 0) is 54.9 Å². The number of nitrogens with zero attached hydrogens (tertiary/aromatic N) is 5. The first-order valence-electron chi connectivity index (χ1n) is 13.9. The van der Waals surface area contributed by atoms with Gasteiger partial charge in [0, 0.05) is 51.9 Å². The molecular weight excluding hydrogens is 502 g/mol. The third-order valence-electron chi connectivity index (χ3n) is 7.61. The van der Waals surface area contributed by atoms with Crippen molar-refractivity contribution in [3.8, 4) is 11.1 Å². The number of fused-ring (bicyclic) bond motifs is 1. The van der Waals surface area contributed by atoms with Crippen LogP contribution in [-0.4, -0.2) is 84.2 Å². The number of hydrogen-bond donors (Lipinski definition) is 0. The highest BCUT2D eigenvalue weighted by molar-refractivity contribution is 5.94. The summed E-state index contributed by atoms with van der Waals surface area (Å²) >= 11 is 0. The Labute approximate surface area is 235 Å². The van der Waals surface area contributed by atoms with Crippen molar-refractivity contribution in [3.63, 3.8) is 0 Å². The molecule has 0 aliphatic carbocycles. The van der Waals surface area contributed by atoms with Gasteiger partial charge in [0.2, 0.25) is 5.91 Å². The summed E-state index contributed by atoms with van der Waals surface area (Å²) in [6.45, 7) is 5.90. The van der Waals surface area contributed by atoms with Gasteiger partial charge in [0.25, 0.3) is 5.91 Å². The van der Waals surface area contributed by atoms with Gasteiger partial charge >= 0.3 is 0 Å². The second kappa shape index (κ2) is 12.4. The first-order valence-corrected chi connectivity index (χ1v) is 13.9. The lowest BCUT2D eigenvalue weighted by molar-refractivity contribution is -0.145. The summed E-state index contributed by atoms with van der Waals surface area (Å²) < 4.78 is 7.76. The van der Waals surface area contributed by atoms with Crippen LogP contribution in [0.5, 0.6) is 0 Å². The van der Waals surface area contributed by atoms with E-state index in [1.807, 2.05) is 64.9 Å². The largest absolute Gasteiger partial charge is 0.368 e. The molecule has 8 nitrogen and oxygen atoms in total. The van der Waals surface area contributed by atoms with Gasteiger partial charge < -0.3 is 24.0 Å². The molecule has 3 aromatic carbocycles. The number of anilines is 1. The van der Waals surface area contributed by atoms with Gasteiger partial charge in [-0.3, -0.25) is 9.59 Å². The maximum Gasteiger partial charge on any atom is 0.252 e. The number of para-hydroxylation sites is 2. The third-order valence-corrected chi connectivity index (χ3v) is 7.61. The molecule has 1 aliphatic rings. The Balaban J connectivity index is 1.25. The zero-order valence-corrected chi connectivity index (χ0v) is 23.5. The lowest BCUT2D eigenvalue weighted by Crippen LogP contribution is -2.51. The van der Waals surface area contributed by atoms with Gasteiger partial charge in [-0.1, -0.05) is 48.5 Å². The van der Waals surface area contributed by atoms with Crippen LogP contribution < -0.4 is 4.90 Å². The van der Waals surface area contributed by atoms with E-state index in [1.54, 1.807) is 18.3 Å². The van der Waals surface area contributed by atoms with Gasteiger partial charge in [-0.15, -0.1) is 0 Å². The SMILES string of the molecule is CCOC(Cc1ccc(-c2cccc(N(C)C(=O)Cn3cnc4ccccc43)c2)cc1)C(=O)N1CCN(C)CC1. The predicted molar refractivity (Wildman–Crippen MR) is 158 cm³/mol. The van der Waals surface area contributed by atoms with E-state index >= 15 is 0 Å². The second-order valence-electron chi connectivity index (χ2n) is 10.3. The molecule has 5 rings (SSSR count). The van der Waals surface area contributed by atoms with Crippen LogP contribution in [0.1, 0.15) is 12.5 Å². The maximum absolute atomic E-state index is 13.2. The van der Waals surface area contributed by atoms with Gasteiger partial charge in [0.1, 0.15) is 12.6 Å². The Morgan fingerprint density at radius 3 is 2.45 bits per heavy atom. The van der Waals surface area contributed by atoms with Crippen molar-refractivity contribution in [2.75, 3.05) is 51.8 Å². The van der Waals surface area contributed by atoms with E-state index in [2.05, 4.69) is 41.2 Å². The minimum Gasteiger partial charge on any atom is -0.368 e. The zero-order chi connectivity index (χ0) is 28.1. The number of aromatic nitrogens is 2. The molecule has 0 N–H and O–H groups in total. The van der Waals surface area contributed by atoms with Gasteiger partial charge in [0.05, 0.1) is 17.4 Å². The lowest BCUT2D eigenvalue weighted by Gasteiger charge is -2.34. The van der Waals surface area contributed by atoms with Crippen molar-refractivity contribution < 1.29 is 14.3 Å². The second-order valence-corrected chi connectivity index (χ2v) is 10.3. The van der Waals surface area contributed by atoms with Crippen LogP contribution in [0.25, 0.3) is 22.2 Å². The summed E-state index contributed by atoms with van der Waals surface area (Å²) in [5.74, 6) is 0.0470. The molecule has 2 heterocycles. The summed E-state index contributed by atoms with van der Waals surface area (Å²) in [6.07, 6.45) is 1.78. The summed E-state index contributed by atoms with van der Waals surface area (Å²) in [5.41, 5.74) is 5.76. The molecule has 0 saturated carbocycles. The molecule has 2 amide bonds. The van der Waals surface area contributed by atoms with Crippen LogP contribution in [0.4, 0.5) is 5.69 Å². The highest BCUT2D eigenvalue weighted by atomic mass is 16.5. The molecule has 0 radical (unpaired) electrons. The maximum atomic E-state index is 13.2. The average molecular weight is 540 g/mol. The van der Waals surface area contributed by atoms with E-state index in [-0.39, 0.29) is 18.4 Å². The Kier molecular flexibility index (Phi) is 8.57.